The lowest BCUT2D eigenvalue weighted by Gasteiger charge is -2.09. The Morgan fingerprint density at radius 3 is 2.57 bits per heavy atom. The first-order valence-electron chi connectivity index (χ1n) is 9.12. The average Bonchev–Trinajstić information content (AvgIpc) is 3.28. The minimum atomic E-state index is -0.649. The van der Waals surface area contributed by atoms with Gasteiger partial charge in [0.05, 0.1) is 5.56 Å². The Hall–Kier alpha value is -3.41. The number of aryl methyl sites for hydroxylation is 3. The number of carbonyl (C=O) groups excluding carboxylic acids is 1. The highest BCUT2D eigenvalue weighted by atomic mass is 16.6. The van der Waals surface area contributed by atoms with Gasteiger partial charge in [-0.1, -0.05) is 17.7 Å². The first kappa shape index (κ1) is 18.0. The number of aromatic amines is 1. The van der Waals surface area contributed by atoms with Crippen molar-refractivity contribution in [2.75, 3.05) is 0 Å². The molecule has 0 saturated heterocycles. The van der Waals surface area contributed by atoms with E-state index in [0.717, 1.165) is 33.3 Å². The van der Waals surface area contributed by atoms with Gasteiger partial charge in [0.25, 0.3) is 5.89 Å². The molecule has 0 saturated carbocycles. The monoisotopic (exact) mass is 375 g/mol. The topological polar surface area (TPSA) is 81.0 Å². The minimum absolute atomic E-state index is 0.263. The Morgan fingerprint density at radius 1 is 1.07 bits per heavy atom. The molecular weight excluding hydrogens is 354 g/mol. The molecule has 6 nitrogen and oxygen atoms in total. The van der Waals surface area contributed by atoms with Crippen LogP contribution in [-0.2, 0) is 4.74 Å². The predicted molar refractivity (Wildman–Crippen MR) is 106 cm³/mol. The average molecular weight is 375 g/mol. The van der Waals surface area contributed by atoms with Crippen molar-refractivity contribution in [1.82, 2.24) is 15.2 Å². The summed E-state index contributed by atoms with van der Waals surface area (Å²) in [5, 5.41) is 9.10. The number of hydrogen-bond donors (Lipinski definition) is 1. The zero-order valence-electron chi connectivity index (χ0n) is 16.2. The standard InChI is InChI=1S/C22H21N3O3/c1-12-5-7-16(8-6-12)21-25-24-20(28-21)15(4)27-22(26)17-9-10-19-18(11-17)13(2)14(3)23-19/h5-11,15,23H,1-4H3. The molecule has 0 spiro atoms. The minimum Gasteiger partial charge on any atom is -0.449 e. The van der Waals surface area contributed by atoms with Gasteiger partial charge in [0.1, 0.15) is 0 Å². The number of fused-ring (bicyclic) bond motifs is 1. The van der Waals surface area contributed by atoms with Crippen molar-refractivity contribution in [2.24, 2.45) is 0 Å². The summed E-state index contributed by atoms with van der Waals surface area (Å²) < 4.78 is 11.2. The molecule has 0 amide bonds. The van der Waals surface area contributed by atoms with E-state index in [0.29, 0.717) is 11.5 Å². The number of rotatable bonds is 4. The lowest BCUT2D eigenvalue weighted by atomic mass is 10.1. The van der Waals surface area contributed by atoms with Crippen LogP contribution >= 0.6 is 0 Å². The highest BCUT2D eigenvalue weighted by Crippen LogP contribution is 2.26. The Kier molecular flexibility index (Phi) is 4.47. The predicted octanol–water partition coefficient (Wildman–Crippen LogP) is 5.06. The summed E-state index contributed by atoms with van der Waals surface area (Å²) in [4.78, 5) is 15.9. The maximum atomic E-state index is 12.6. The van der Waals surface area contributed by atoms with Crippen molar-refractivity contribution in [3.8, 4) is 11.5 Å². The second-order valence-electron chi connectivity index (χ2n) is 6.99. The van der Waals surface area contributed by atoms with Crippen LogP contribution in [0.5, 0.6) is 0 Å². The van der Waals surface area contributed by atoms with Gasteiger partial charge in [-0.25, -0.2) is 4.79 Å². The van der Waals surface area contributed by atoms with Crippen LogP contribution in [0, 0.1) is 20.8 Å². The van der Waals surface area contributed by atoms with Gasteiger partial charge in [0.15, 0.2) is 6.10 Å². The number of hydrogen-bond acceptors (Lipinski definition) is 5. The lowest BCUT2D eigenvalue weighted by Crippen LogP contribution is -2.09. The molecular formula is C22H21N3O3. The number of nitrogens with zero attached hydrogens (tertiary/aromatic N) is 2. The van der Waals surface area contributed by atoms with Crippen molar-refractivity contribution in [3.05, 3.63) is 70.7 Å². The Bertz CT molecular complexity index is 1160. The molecule has 2 heterocycles. The van der Waals surface area contributed by atoms with E-state index >= 15 is 0 Å². The summed E-state index contributed by atoms with van der Waals surface area (Å²) in [6, 6.07) is 13.3. The fraction of sp³-hybridized carbons (Fsp3) is 0.227. The van der Waals surface area contributed by atoms with Crippen molar-refractivity contribution in [1.29, 1.82) is 0 Å². The normalized spacial score (nSPS) is 12.3. The summed E-state index contributed by atoms with van der Waals surface area (Å²) in [5.74, 6) is 0.235. The lowest BCUT2D eigenvalue weighted by molar-refractivity contribution is 0.0280. The molecule has 6 heteroatoms. The van der Waals surface area contributed by atoms with Crippen molar-refractivity contribution < 1.29 is 13.9 Å². The molecule has 2 aromatic carbocycles. The number of benzene rings is 2. The second-order valence-corrected chi connectivity index (χ2v) is 6.99. The van der Waals surface area contributed by atoms with Gasteiger partial charge < -0.3 is 14.1 Å². The van der Waals surface area contributed by atoms with E-state index in [-0.39, 0.29) is 5.89 Å². The molecule has 0 aliphatic heterocycles. The quantitative estimate of drug-likeness (QED) is 0.504. The highest BCUT2D eigenvalue weighted by molar-refractivity contribution is 5.96. The van der Waals surface area contributed by atoms with Crippen molar-refractivity contribution >= 4 is 16.9 Å². The van der Waals surface area contributed by atoms with E-state index in [9.17, 15) is 4.79 Å². The van der Waals surface area contributed by atoms with Crippen LogP contribution in [0.15, 0.2) is 46.9 Å². The number of aromatic nitrogens is 3. The summed E-state index contributed by atoms with van der Waals surface area (Å²) >= 11 is 0. The van der Waals surface area contributed by atoms with E-state index in [1.165, 1.54) is 0 Å². The van der Waals surface area contributed by atoms with Crippen molar-refractivity contribution in [2.45, 2.75) is 33.8 Å². The van der Waals surface area contributed by atoms with Gasteiger partial charge >= 0.3 is 5.97 Å². The SMILES string of the molecule is Cc1ccc(-c2nnc(C(C)OC(=O)c3ccc4[nH]c(C)c(C)c4c3)o2)cc1. The first-order chi connectivity index (χ1) is 13.4. The fourth-order valence-corrected chi connectivity index (χ4v) is 3.08. The molecule has 4 rings (SSSR count). The van der Waals surface area contributed by atoms with E-state index in [1.54, 1.807) is 13.0 Å². The van der Waals surface area contributed by atoms with E-state index in [4.69, 9.17) is 9.15 Å². The zero-order chi connectivity index (χ0) is 19.8. The molecule has 142 valence electrons. The number of esters is 1. The van der Waals surface area contributed by atoms with Crippen LogP contribution in [0.4, 0.5) is 0 Å². The van der Waals surface area contributed by atoms with Gasteiger partial charge in [0, 0.05) is 22.2 Å². The highest BCUT2D eigenvalue weighted by Gasteiger charge is 2.20. The van der Waals surface area contributed by atoms with Gasteiger partial charge in [0.2, 0.25) is 5.89 Å². The largest absolute Gasteiger partial charge is 0.449 e. The molecule has 28 heavy (non-hydrogen) atoms. The van der Waals surface area contributed by atoms with Crippen molar-refractivity contribution in [3.63, 3.8) is 0 Å². The molecule has 1 unspecified atom stereocenters. The van der Waals surface area contributed by atoms with Crippen LogP contribution in [0.25, 0.3) is 22.4 Å². The van der Waals surface area contributed by atoms with Crippen LogP contribution < -0.4 is 0 Å². The molecule has 2 aromatic heterocycles. The van der Waals surface area contributed by atoms with E-state index in [1.807, 2.05) is 57.2 Å². The number of ether oxygens (including phenoxy) is 1. The van der Waals surface area contributed by atoms with Gasteiger partial charge in [-0.2, -0.15) is 0 Å². The number of H-pyrrole nitrogens is 1. The first-order valence-corrected chi connectivity index (χ1v) is 9.12. The van der Waals surface area contributed by atoms with E-state index in [2.05, 4.69) is 15.2 Å². The van der Waals surface area contributed by atoms with Gasteiger partial charge in [-0.3, -0.25) is 0 Å². The van der Waals surface area contributed by atoms with Crippen LogP contribution in [0.1, 0.15) is 46.1 Å². The molecule has 0 fully saturated rings. The van der Waals surface area contributed by atoms with Crippen LogP contribution in [0.3, 0.4) is 0 Å². The molecule has 0 aliphatic rings. The molecule has 1 atom stereocenters. The Morgan fingerprint density at radius 2 is 1.82 bits per heavy atom. The maximum Gasteiger partial charge on any atom is 0.338 e. The zero-order valence-corrected chi connectivity index (χ0v) is 16.2. The third-order valence-electron chi connectivity index (χ3n) is 4.91. The summed E-state index contributed by atoms with van der Waals surface area (Å²) in [7, 11) is 0. The maximum absolute atomic E-state index is 12.6. The Labute approximate surface area is 162 Å². The van der Waals surface area contributed by atoms with Crippen LogP contribution in [0.2, 0.25) is 0 Å². The van der Waals surface area contributed by atoms with Crippen LogP contribution in [-0.4, -0.2) is 21.2 Å². The summed E-state index contributed by atoms with van der Waals surface area (Å²) in [6.07, 6.45) is -0.649. The molecule has 0 radical (unpaired) electrons. The third kappa shape index (κ3) is 3.29. The summed E-state index contributed by atoms with van der Waals surface area (Å²) in [6.45, 7) is 7.76. The smallest absolute Gasteiger partial charge is 0.338 e. The summed E-state index contributed by atoms with van der Waals surface area (Å²) in [5.41, 5.74) is 5.67. The molecule has 0 aliphatic carbocycles. The number of nitrogens with one attached hydrogen (secondary N) is 1. The van der Waals surface area contributed by atoms with Gasteiger partial charge in [-0.15, -0.1) is 10.2 Å². The Balaban J connectivity index is 1.52. The second kappa shape index (κ2) is 6.96. The van der Waals surface area contributed by atoms with E-state index < -0.39 is 12.1 Å². The third-order valence-corrected chi connectivity index (χ3v) is 4.91. The molecule has 1 N–H and O–H groups in total. The fourth-order valence-electron chi connectivity index (χ4n) is 3.08. The number of carbonyl (C=O) groups is 1. The molecule has 4 aromatic rings. The molecule has 0 bridgehead atoms. The van der Waals surface area contributed by atoms with Gasteiger partial charge in [-0.05, 0) is 63.6 Å².